The van der Waals surface area contributed by atoms with Gasteiger partial charge < -0.3 is 9.80 Å². The molecule has 258 valence electrons. The third-order valence-electron chi connectivity index (χ3n) is 11.8. The number of anilines is 1. The maximum atomic E-state index is 5.45. The first-order valence-corrected chi connectivity index (χ1v) is 19.0. The molecule has 2 aliphatic carbocycles. The monoisotopic (exact) mass is 694 g/mol. The van der Waals surface area contributed by atoms with E-state index in [2.05, 4.69) is 198 Å². The van der Waals surface area contributed by atoms with Gasteiger partial charge in [0, 0.05) is 35.5 Å². The van der Waals surface area contributed by atoms with Gasteiger partial charge in [0.05, 0.1) is 0 Å². The summed E-state index contributed by atoms with van der Waals surface area (Å²) in [6.07, 6.45) is 2.96. The molecule has 0 bridgehead atoms. The van der Waals surface area contributed by atoms with Crippen molar-refractivity contribution in [3.05, 3.63) is 209 Å². The summed E-state index contributed by atoms with van der Waals surface area (Å²) in [5.74, 6) is 1.18. The highest BCUT2D eigenvalue weighted by Gasteiger charge is 2.46. The molecule has 2 heterocycles. The normalized spacial score (nSPS) is 19.7. The molecule has 3 atom stereocenters. The fraction of sp³-hybridized carbons (Fsp3) is 0.100. The molecule has 11 rings (SSSR count). The summed E-state index contributed by atoms with van der Waals surface area (Å²) in [6, 6.07) is 61.8. The number of aliphatic imine (C=N–C) groups is 1. The van der Waals surface area contributed by atoms with Crippen molar-refractivity contribution in [2.45, 2.75) is 24.8 Å². The summed E-state index contributed by atoms with van der Waals surface area (Å²) in [6.45, 7) is 0. The fourth-order valence-electron chi connectivity index (χ4n) is 9.36. The van der Waals surface area contributed by atoms with Crippen molar-refractivity contribution in [1.29, 1.82) is 0 Å². The number of amidine groups is 1. The molecule has 0 saturated carbocycles. The summed E-state index contributed by atoms with van der Waals surface area (Å²) in [4.78, 5) is 10.4. The highest BCUT2D eigenvalue weighted by atomic mass is 15.5. The number of nitrogens with one attached hydrogen (secondary N) is 1. The van der Waals surface area contributed by atoms with Crippen LogP contribution >= 0.6 is 0 Å². The minimum absolute atomic E-state index is 0.214. The van der Waals surface area contributed by atoms with Gasteiger partial charge in [-0.25, -0.2) is 4.99 Å². The molecule has 54 heavy (non-hydrogen) atoms. The molecule has 0 saturated heterocycles. The quantitative estimate of drug-likeness (QED) is 0.199. The van der Waals surface area contributed by atoms with Crippen LogP contribution in [0.2, 0.25) is 0 Å². The average Bonchev–Trinajstić information content (AvgIpc) is 3.51. The number of hydrogen-bond donors (Lipinski definition) is 1. The molecule has 4 nitrogen and oxygen atoms in total. The molecular formula is C50H38N4. The van der Waals surface area contributed by atoms with Gasteiger partial charge in [0.1, 0.15) is 12.0 Å². The number of allylic oxidation sites excluding steroid dienone is 4. The molecule has 0 aromatic heterocycles. The van der Waals surface area contributed by atoms with Crippen LogP contribution in [-0.2, 0) is 0 Å². The van der Waals surface area contributed by atoms with E-state index in [0.29, 0.717) is 0 Å². The van der Waals surface area contributed by atoms with Gasteiger partial charge in [0.25, 0.3) is 0 Å². The van der Waals surface area contributed by atoms with E-state index in [9.17, 15) is 0 Å². The number of hydrogen-bond acceptors (Lipinski definition) is 4. The Morgan fingerprint density at radius 3 is 1.98 bits per heavy atom. The summed E-state index contributed by atoms with van der Waals surface area (Å²) in [7, 11) is 2.19. The van der Waals surface area contributed by atoms with Crippen molar-refractivity contribution in [3.8, 4) is 22.3 Å². The molecule has 7 aromatic carbocycles. The highest BCUT2D eigenvalue weighted by molar-refractivity contribution is 6.21. The standard InChI is InChI=1S/C50H38N4/c1-53-49(36-16-6-3-7-17-36)51-48(35-28-26-33(27-29-35)32-14-4-2-5-15-32)52-50(53)54-44-25-11-10-21-38(44)43-31-30-42-41-24-13-19-34-18-12-23-39(45(34)41)37-20-8-9-22-40(37)46(42)47(43)54/h2-30,43,48,50,52H,31H2,1H3. The fourth-order valence-corrected chi connectivity index (χ4v) is 9.36. The molecule has 0 amide bonds. The zero-order valence-electron chi connectivity index (χ0n) is 30.0. The minimum Gasteiger partial charge on any atom is -0.326 e. The lowest BCUT2D eigenvalue weighted by Gasteiger charge is -2.45. The smallest absolute Gasteiger partial charge is 0.164 e. The number of fused-ring (bicyclic) bond motifs is 8. The van der Waals surface area contributed by atoms with Crippen molar-refractivity contribution in [1.82, 2.24) is 10.2 Å². The lowest BCUT2D eigenvalue weighted by molar-refractivity contribution is 0.252. The van der Waals surface area contributed by atoms with E-state index in [-0.39, 0.29) is 18.4 Å². The van der Waals surface area contributed by atoms with E-state index in [1.165, 1.54) is 72.2 Å². The second-order valence-corrected chi connectivity index (χ2v) is 14.7. The minimum atomic E-state index is -0.263. The zero-order chi connectivity index (χ0) is 35.8. The predicted molar refractivity (Wildman–Crippen MR) is 223 cm³/mol. The topological polar surface area (TPSA) is 30.9 Å². The molecule has 2 aliphatic heterocycles. The van der Waals surface area contributed by atoms with E-state index in [1.807, 2.05) is 0 Å². The third-order valence-corrected chi connectivity index (χ3v) is 11.8. The van der Waals surface area contributed by atoms with Crippen LogP contribution < -0.4 is 10.2 Å². The largest absolute Gasteiger partial charge is 0.326 e. The second kappa shape index (κ2) is 12.3. The van der Waals surface area contributed by atoms with Crippen molar-refractivity contribution in [2.24, 2.45) is 4.99 Å². The second-order valence-electron chi connectivity index (χ2n) is 14.7. The summed E-state index contributed by atoms with van der Waals surface area (Å²) >= 11 is 0. The SMILES string of the molecule is CN1C(c2ccccc2)=NC(c2ccc(-c3ccccc3)cc2)NC1N1C2=C3C(=CCC2c2ccccc21)c1cccc2cccc(c12)-c1ccccc13. The van der Waals surface area contributed by atoms with Gasteiger partial charge in [-0.3, -0.25) is 5.32 Å². The Morgan fingerprint density at radius 1 is 0.574 bits per heavy atom. The lowest BCUT2D eigenvalue weighted by atomic mass is 9.79. The number of rotatable bonds is 4. The summed E-state index contributed by atoms with van der Waals surface area (Å²) in [5.41, 5.74) is 16.4. The first kappa shape index (κ1) is 31.1. The van der Waals surface area contributed by atoms with Gasteiger partial charge in [0.2, 0.25) is 0 Å². The van der Waals surface area contributed by atoms with Gasteiger partial charge in [0.15, 0.2) is 6.29 Å². The van der Waals surface area contributed by atoms with Crippen LogP contribution in [0.4, 0.5) is 5.69 Å². The summed E-state index contributed by atoms with van der Waals surface area (Å²) < 4.78 is 0. The van der Waals surface area contributed by atoms with E-state index >= 15 is 0 Å². The van der Waals surface area contributed by atoms with Gasteiger partial charge in [-0.15, -0.1) is 0 Å². The maximum Gasteiger partial charge on any atom is 0.164 e. The van der Waals surface area contributed by atoms with Crippen molar-refractivity contribution < 1.29 is 0 Å². The molecular weight excluding hydrogens is 657 g/mol. The predicted octanol–water partition coefficient (Wildman–Crippen LogP) is 11.3. The number of nitrogens with zero attached hydrogens (tertiary/aromatic N) is 3. The van der Waals surface area contributed by atoms with Crippen LogP contribution in [0.15, 0.2) is 187 Å². The van der Waals surface area contributed by atoms with Gasteiger partial charge >= 0.3 is 0 Å². The van der Waals surface area contributed by atoms with Crippen LogP contribution in [0.1, 0.15) is 46.3 Å². The first-order valence-electron chi connectivity index (χ1n) is 19.0. The number of para-hydroxylation sites is 1. The highest BCUT2D eigenvalue weighted by Crippen LogP contribution is 2.58. The van der Waals surface area contributed by atoms with Crippen LogP contribution in [0.25, 0.3) is 44.2 Å². The van der Waals surface area contributed by atoms with Crippen LogP contribution in [0.5, 0.6) is 0 Å². The molecule has 4 heteroatoms. The van der Waals surface area contributed by atoms with Crippen molar-refractivity contribution >= 4 is 33.4 Å². The Balaban J connectivity index is 1.12. The average molecular weight is 695 g/mol. The van der Waals surface area contributed by atoms with E-state index < -0.39 is 0 Å². The third kappa shape index (κ3) is 4.70. The van der Waals surface area contributed by atoms with Crippen molar-refractivity contribution in [3.63, 3.8) is 0 Å². The Hall–Kier alpha value is -6.49. The van der Waals surface area contributed by atoms with E-state index in [4.69, 9.17) is 4.99 Å². The van der Waals surface area contributed by atoms with Gasteiger partial charge in [-0.1, -0.05) is 170 Å². The molecule has 4 aliphatic rings. The van der Waals surface area contributed by atoms with Crippen LogP contribution in [-0.4, -0.2) is 24.1 Å². The van der Waals surface area contributed by atoms with Gasteiger partial charge in [-0.2, -0.15) is 0 Å². The molecule has 7 aromatic rings. The molecule has 0 radical (unpaired) electrons. The Morgan fingerprint density at radius 2 is 1.20 bits per heavy atom. The molecule has 1 N–H and O–H groups in total. The van der Waals surface area contributed by atoms with E-state index in [1.54, 1.807) is 0 Å². The molecule has 0 fully saturated rings. The molecule has 3 unspecified atom stereocenters. The Labute approximate surface area is 316 Å². The lowest BCUT2D eigenvalue weighted by Crippen LogP contribution is -2.60. The van der Waals surface area contributed by atoms with Crippen LogP contribution in [0, 0.1) is 0 Å². The zero-order valence-corrected chi connectivity index (χ0v) is 30.0. The molecule has 0 spiro atoms. The number of benzene rings is 7. The van der Waals surface area contributed by atoms with Crippen molar-refractivity contribution in [2.75, 3.05) is 11.9 Å². The maximum absolute atomic E-state index is 5.45. The Kier molecular flexibility index (Phi) is 7.08. The summed E-state index contributed by atoms with van der Waals surface area (Å²) in [5, 5.41) is 6.69. The Bertz CT molecular complexity index is 2690. The first-order chi connectivity index (χ1) is 26.7. The van der Waals surface area contributed by atoms with E-state index in [0.717, 1.165) is 23.4 Å². The van der Waals surface area contributed by atoms with Crippen LogP contribution in [0.3, 0.4) is 0 Å². The van der Waals surface area contributed by atoms with Gasteiger partial charge in [-0.05, 0) is 73.3 Å².